The summed E-state index contributed by atoms with van der Waals surface area (Å²) in [5, 5.41) is 3.01. The zero-order chi connectivity index (χ0) is 14.9. The first-order valence-electron chi connectivity index (χ1n) is 6.67. The highest BCUT2D eigenvalue weighted by Gasteiger charge is 1.96. The highest BCUT2D eigenvalue weighted by atomic mass is 16.5. The maximum absolute atomic E-state index is 5.81. The molecule has 0 saturated heterocycles. The van der Waals surface area contributed by atoms with Crippen LogP contribution in [0.1, 0.15) is 0 Å². The van der Waals surface area contributed by atoms with Crippen molar-refractivity contribution in [1.29, 1.82) is 0 Å². The number of hydrogen-bond acceptors (Lipinski definition) is 3. The smallest absolute Gasteiger partial charge is 0.193 e. The van der Waals surface area contributed by atoms with E-state index >= 15 is 0 Å². The van der Waals surface area contributed by atoms with E-state index in [0.717, 1.165) is 17.2 Å². The molecular formula is C16H19N3O2. The minimum Gasteiger partial charge on any atom is -0.497 e. The summed E-state index contributed by atoms with van der Waals surface area (Å²) in [6.07, 6.45) is 0. The molecule has 0 saturated carbocycles. The molecule has 0 heterocycles. The van der Waals surface area contributed by atoms with Gasteiger partial charge in [-0.15, -0.1) is 0 Å². The molecule has 0 aliphatic rings. The van der Waals surface area contributed by atoms with Crippen LogP contribution in [0.25, 0.3) is 0 Å². The van der Waals surface area contributed by atoms with Crippen molar-refractivity contribution >= 4 is 11.6 Å². The third-order valence-corrected chi connectivity index (χ3v) is 2.75. The van der Waals surface area contributed by atoms with Crippen LogP contribution in [0.15, 0.2) is 59.6 Å². The molecule has 3 N–H and O–H groups in total. The van der Waals surface area contributed by atoms with E-state index in [1.54, 1.807) is 7.11 Å². The van der Waals surface area contributed by atoms with Crippen LogP contribution in [0, 0.1) is 0 Å². The van der Waals surface area contributed by atoms with Crippen LogP contribution in [0.4, 0.5) is 5.69 Å². The number of ether oxygens (including phenoxy) is 2. The van der Waals surface area contributed by atoms with Crippen LogP contribution in [-0.4, -0.2) is 26.2 Å². The second kappa shape index (κ2) is 7.79. The molecular weight excluding hydrogens is 266 g/mol. The Hall–Kier alpha value is -2.69. The normalized spacial score (nSPS) is 11.0. The Kier molecular flexibility index (Phi) is 5.46. The molecule has 0 fully saturated rings. The topological polar surface area (TPSA) is 68.9 Å². The monoisotopic (exact) mass is 285 g/mol. The number of guanidine groups is 1. The lowest BCUT2D eigenvalue weighted by Crippen LogP contribution is -2.23. The number of methoxy groups -OCH3 is 1. The molecule has 0 atom stereocenters. The summed E-state index contributed by atoms with van der Waals surface area (Å²) in [6, 6.07) is 17.1. The molecule has 0 radical (unpaired) electrons. The molecule has 0 bridgehead atoms. The van der Waals surface area contributed by atoms with Gasteiger partial charge < -0.3 is 20.5 Å². The number of para-hydroxylation sites is 1. The summed E-state index contributed by atoms with van der Waals surface area (Å²) >= 11 is 0. The van der Waals surface area contributed by atoms with Crippen molar-refractivity contribution < 1.29 is 9.47 Å². The van der Waals surface area contributed by atoms with E-state index in [4.69, 9.17) is 15.2 Å². The minimum atomic E-state index is 0.358. The molecule has 0 unspecified atom stereocenters. The van der Waals surface area contributed by atoms with Gasteiger partial charge in [-0.25, -0.2) is 4.99 Å². The molecule has 2 aromatic carbocycles. The fourth-order valence-electron chi connectivity index (χ4n) is 1.71. The van der Waals surface area contributed by atoms with Gasteiger partial charge in [0.25, 0.3) is 0 Å². The number of rotatable bonds is 6. The van der Waals surface area contributed by atoms with Crippen molar-refractivity contribution in [3.63, 3.8) is 0 Å². The fourth-order valence-corrected chi connectivity index (χ4v) is 1.71. The van der Waals surface area contributed by atoms with Gasteiger partial charge in [0.2, 0.25) is 0 Å². The Morgan fingerprint density at radius 2 is 1.76 bits per heavy atom. The zero-order valence-corrected chi connectivity index (χ0v) is 12.0. The molecule has 0 aliphatic heterocycles. The van der Waals surface area contributed by atoms with E-state index in [0.29, 0.717) is 19.1 Å². The largest absolute Gasteiger partial charge is 0.497 e. The van der Waals surface area contributed by atoms with Crippen LogP contribution in [0.5, 0.6) is 11.5 Å². The van der Waals surface area contributed by atoms with Gasteiger partial charge in [0.05, 0.1) is 13.7 Å². The quantitative estimate of drug-likeness (QED) is 0.486. The molecule has 0 spiro atoms. The van der Waals surface area contributed by atoms with Crippen LogP contribution in [0.3, 0.4) is 0 Å². The minimum absolute atomic E-state index is 0.358. The maximum Gasteiger partial charge on any atom is 0.193 e. The molecule has 21 heavy (non-hydrogen) atoms. The lowest BCUT2D eigenvalue weighted by atomic mass is 10.3. The Morgan fingerprint density at radius 3 is 2.43 bits per heavy atom. The van der Waals surface area contributed by atoms with E-state index < -0.39 is 0 Å². The number of benzene rings is 2. The third-order valence-electron chi connectivity index (χ3n) is 2.75. The van der Waals surface area contributed by atoms with Crippen molar-refractivity contribution in [1.82, 2.24) is 0 Å². The van der Waals surface area contributed by atoms with E-state index in [2.05, 4.69) is 10.3 Å². The summed E-state index contributed by atoms with van der Waals surface area (Å²) in [5.74, 6) is 1.98. The molecule has 2 rings (SSSR count). The van der Waals surface area contributed by atoms with E-state index in [-0.39, 0.29) is 0 Å². The first-order chi connectivity index (χ1) is 10.3. The zero-order valence-electron chi connectivity index (χ0n) is 12.0. The fraction of sp³-hybridized carbons (Fsp3) is 0.188. The van der Waals surface area contributed by atoms with Gasteiger partial charge in [0, 0.05) is 5.69 Å². The van der Waals surface area contributed by atoms with Crippen molar-refractivity contribution in [2.24, 2.45) is 10.7 Å². The Balaban J connectivity index is 1.75. The van der Waals surface area contributed by atoms with Crippen molar-refractivity contribution in [2.45, 2.75) is 0 Å². The second-order valence-corrected chi connectivity index (χ2v) is 4.28. The molecule has 2 aromatic rings. The summed E-state index contributed by atoms with van der Waals surface area (Å²) in [5.41, 5.74) is 6.67. The second-order valence-electron chi connectivity index (χ2n) is 4.28. The third kappa shape index (κ3) is 5.06. The number of anilines is 1. The van der Waals surface area contributed by atoms with Crippen LogP contribution in [0.2, 0.25) is 0 Å². The molecule has 0 amide bonds. The Labute approximate surface area is 124 Å². The Bertz CT molecular complexity index is 568. The summed E-state index contributed by atoms with van der Waals surface area (Å²) in [4.78, 5) is 4.20. The van der Waals surface area contributed by atoms with Gasteiger partial charge in [-0.1, -0.05) is 18.2 Å². The predicted octanol–water partition coefficient (Wildman–Crippen LogP) is 2.50. The lowest BCUT2D eigenvalue weighted by molar-refractivity contribution is 0.329. The standard InChI is InChI=1S/C16H19N3O2/c1-20-14-9-7-13(8-10-14)19-16(17)18-11-12-21-15-5-3-2-4-6-15/h2-10H,11-12H2,1H3,(H3,17,18,19). The van der Waals surface area contributed by atoms with Gasteiger partial charge in [-0.3, -0.25) is 0 Å². The summed E-state index contributed by atoms with van der Waals surface area (Å²) in [7, 11) is 1.63. The van der Waals surface area contributed by atoms with E-state index in [9.17, 15) is 0 Å². The predicted molar refractivity (Wildman–Crippen MR) is 85.0 cm³/mol. The van der Waals surface area contributed by atoms with Gasteiger partial charge in [0.15, 0.2) is 5.96 Å². The average molecular weight is 285 g/mol. The van der Waals surface area contributed by atoms with Crippen LogP contribution in [-0.2, 0) is 0 Å². The number of nitrogens with one attached hydrogen (secondary N) is 1. The highest BCUT2D eigenvalue weighted by molar-refractivity contribution is 5.92. The van der Waals surface area contributed by atoms with Crippen LogP contribution >= 0.6 is 0 Å². The number of aliphatic imine (C=N–C) groups is 1. The SMILES string of the molecule is COc1ccc(NC(N)=NCCOc2ccccc2)cc1. The van der Waals surface area contributed by atoms with Crippen molar-refractivity contribution in [3.8, 4) is 11.5 Å². The molecule has 5 nitrogen and oxygen atoms in total. The van der Waals surface area contributed by atoms with Gasteiger partial charge >= 0.3 is 0 Å². The van der Waals surface area contributed by atoms with Gasteiger partial charge in [-0.05, 0) is 36.4 Å². The number of nitrogens with two attached hydrogens (primary N) is 1. The average Bonchev–Trinajstić information content (AvgIpc) is 2.53. The summed E-state index contributed by atoms with van der Waals surface area (Å²) in [6.45, 7) is 0.971. The first-order valence-corrected chi connectivity index (χ1v) is 6.67. The van der Waals surface area contributed by atoms with Crippen molar-refractivity contribution in [2.75, 3.05) is 25.6 Å². The van der Waals surface area contributed by atoms with E-state index in [1.807, 2.05) is 54.6 Å². The lowest BCUT2D eigenvalue weighted by Gasteiger charge is -2.07. The molecule has 0 aromatic heterocycles. The van der Waals surface area contributed by atoms with Gasteiger partial charge in [0.1, 0.15) is 18.1 Å². The maximum atomic E-state index is 5.81. The molecule has 110 valence electrons. The number of hydrogen-bond donors (Lipinski definition) is 2. The van der Waals surface area contributed by atoms with Gasteiger partial charge in [-0.2, -0.15) is 0 Å². The summed E-state index contributed by atoms with van der Waals surface area (Å²) < 4.78 is 10.6. The highest BCUT2D eigenvalue weighted by Crippen LogP contribution is 2.14. The first kappa shape index (κ1) is 14.7. The molecule has 5 heteroatoms. The van der Waals surface area contributed by atoms with Crippen molar-refractivity contribution in [3.05, 3.63) is 54.6 Å². The Morgan fingerprint density at radius 1 is 1.05 bits per heavy atom. The molecule has 0 aliphatic carbocycles. The van der Waals surface area contributed by atoms with E-state index in [1.165, 1.54) is 0 Å². The number of nitrogens with zero attached hydrogens (tertiary/aromatic N) is 1. The van der Waals surface area contributed by atoms with Crippen LogP contribution < -0.4 is 20.5 Å².